The van der Waals surface area contributed by atoms with E-state index in [1.54, 1.807) is 23.3 Å². The number of carbonyl (C=O) groups excluding carboxylic acids is 3. The Morgan fingerprint density at radius 1 is 1.09 bits per heavy atom. The number of anilines is 1. The van der Waals surface area contributed by atoms with Crippen molar-refractivity contribution in [3.05, 3.63) is 110 Å². The van der Waals surface area contributed by atoms with Crippen LogP contribution in [0.3, 0.4) is 0 Å². The third kappa shape index (κ3) is 7.51. The van der Waals surface area contributed by atoms with E-state index in [2.05, 4.69) is 49.3 Å². The lowest BCUT2D eigenvalue weighted by Gasteiger charge is -2.30. The molecule has 8 rings (SSSR count). The summed E-state index contributed by atoms with van der Waals surface area (Å²) in [7, 11) is 1.55. The third-order valence-electron chi connectivity index (χ3n) is 11.3. The number of amides is 2. The Morgan fingerprint density at radius 2 is 1.88 bits per heavy atom. The van der Waals surface area contributed by atoms with Gasteiger partial charge < -0.3 is 20.3 Å². The standard InChI is InChI=1S/C43H44ClN9O3S/c1-25-37(57-43-38(25)39(30-13-15-31(44)16-14-30)47-26(2)40-50-49-27(3)53(40)43)19-12-29-21-46-51(23-29)22-28-10-17-32(18-11-28)48-35-8-5-7-33-34(35)24-52(42(33)56)36(9-6-20-54)41(55)45-4/h5,7-8,13-16,20-21,23,26,28,32,36,48H,6,9-11,17-18,22,24H2,1-4H3,(H,45,55)/t26-,28?,32?,36?/m0/s1. The number of carbonyl (C=O) groups is 3. The van der Waals surface area contributed by atoms with E-state index in [0.717, 1.165) is 99.3 Å². The van der Waals surface area contributed by atoms with E-state index in [-0.39, 0.29) is 30.3 Å². The SMILES string of the molecule is CNC(=O)C(CCC=O)N1Cc2c(NC3CCC(Cn4cc(C#Cc5sc6c(c5C)C(c5ccc(Cl)cc5)=N[C@@H](C)c5nnc(C)n5-6)cn4)CC3)cccc2C1=O. The summed E-state index contributed by atoms with van der Waals surface area (Å²) >= 11 is 7.88. The smallest absolute Gasteiger partial charge is 0.255 e. The highest BCUT2D eigenvalue weighted by Crippen LogP contribution is 2.39. The van der Waals surface area contributed by atoms with Crippen molar-refractivity contribution in [2.24, 2.45) is 10.9 Å². The van der Waals surface area contributed by atoms with Crippen LogP contribution in [0.1, 0.15) is 106 Å². The maximum Gasteiger partial charge on any atom is 0.255 e. The molecule has 1 fully saturated rings. The minimum absolute atomic E-state index is 0.173. The van der Waals surface area contributed by atoms with Crippen molar-refractivity contribution < 1.29 is 14.4 Å². The predicted octanol–water partition coefficient (Wildman–Crippen LogP) is 6.83. The molecule has 12 nitrogen and oxygen atoms in total. The fourth-order valence-electron chi connectivity index (χ4n) is 8.29. The molecule has 1 saturated carbocycles. The van der Waals surface area contributed by atoms with Crippen LogP contribution in [0.4, 0.5) is 5.69 Å². The summed E-state index contributed by atoms with van der Waals surface area (Å²) in [4.78, 5) is 44.8. The summed E-state index contributed by atoms with van der Waals surface area (Å²) in [6.45, 7) is 7.28. The van der Waals surface area contributed by atoms with Crippen LogP contribution in [0.2, 0.25) is 5.02 Å². The summed E-state index contributed by atoms with van der Waals surface area (Å²) < 4.78 is 4.12. The minimum atomic E-state index is -0.687. The summed E-state index contributed by atoms with van der Waals surface area (Å²) in [6.07, 6.45) is 9.25. The normalized spacial score (nSPS) is 19.0. The van der Waals surface area contributed by atoms with Gasteiger partial charge in [-0.25, -0.2) is 0 Å². The average molecular weight is 802 g/mol. The second-order valence-electron chi connectivity index (χ2n) is 15.0. The lowest BCUT2D eigenvalue weighted by molar-refractivity contribution is -0.125. The Kier molecular flexibility index (Phi) is 10.8. The number of rotatable bonds is 10. The molecule has 1 unspecified atom stereocenters. The van der Waals surface area contributed by atoms with Crippen LogP contribution in [0.25, 0.3) is 5.00 Å². The van der Waals surface area contributed by atoms with Gasteiger partial charge in [0.15, 0.2) is 5.82 Å². The van der Waals surface area contributed by atoms with Gasteiger partial charge in [-0.15, -0.1) is 21.5 Å². The van der Waals surface area contributed by atoms with Gasteiger partial charge in [-0.1, -0.05) is 41.6 Å². The molecule has 1 aliphatic carbocycles. The van der Waals surface area contributed by atoms with Crippen LogP contribution in [0, 0.1) is 31.6 Å². The molecule has 14 heteroatoms. The number of thiophene rings is 1. The van der Waals surface area contributed by atoms with Crippen LogP contribution in [0.5, 0.6) is 0 Å². The topological polar surface area (TPSA) is 139 Å². The van der Waals surface area contributed by atoms with Gasteiger partial charge >= 0.3 is 0 Å². The van der Waals surface area contributed by atoms with Crippen LogP contribution in [0.15, 0.2) is 59.9 Å². The second kappa shape index (κ2) is 16.1. The molecular weight excluding hydrogens is 758 g/mol. The predicted molar refractivity (Wildman–Crippen MR) is 221 cm³/mol. The third-order valence-corrected chi connectivity index (χ3v) is 12.8. The molecule has 57 heavy (non-hydrogen) atoms. The molecule has 3 aliphatic rings. The highest BCUT2D eigenvalue weighted by molar-refractivity contribution is 7.15. The van der Waals surface area contributed by atoms with Crippen molar-refractivity contribution in [3.8, 4) is 16.8 Å². The molecule has 0 spiro atoms. The Balaban J connectivity index is 0.927. The zero-order valence-electron chi connectivity index (χ0n) is 32.4. The fraction of sp³-hybridized carbons (Fsp3) is 0.372. The van der Waals surface area contributed by atoms with Crippen LogP contribution < -0.4 is 10.6 Å². The summed E-state index contributed by atoms with van der Waals surface area (Å²) in [5.74, 6) is 8.50. The highest BCUT2D eigenvalue weighted by Gasteiger charge is 2.37. The maximum absolute atomic E-state index is 13.4. The molecule has 2 N–H and O–H groups in total. The van der Waals surface area contributed by atoms with Gasteiger partial charge in [-0.2, -0.15) is 5.10 Å². The van der Waals surface area contributed by atoms with Gasteiger partial charge in [0.25, 0.3) is 5.91 Å². The second-order valence-corrected chi connectivity index (χ2v) is 16.5. The molecule has 0 saturated heterocycles. The van der Waals surface area contributed by atoms with Crippen LogP contribution in [-0.2, 0) is 22.7 Å². The number of hydrogen-bond donors (Lipinski definition) is 2. The van der Waals surface area contributed by atoms with Crippen molar-refractivity contribution in [1.29, 1.82) is 0 Å². The number of benzene rings is 2. The monoisotopic (exact) mass is 801 g/mol. The molecule has 2 amide bonds. The van der Waals surface area contributed by atoms with Gasteiger partial charge in [0, 0.05) is 71.8 Å². The first kappa shape index (κ1) is 38.3. The fourth-order valence-corrected chi connectivity index (χ4v) is 9.63. The Hall–Kier alpha value is -5.58. The maximum atomic E-state index is 13.4. The first-order chi connectivity index (χ1) is 27.6. The molecule has 5 heterocycles. The largest absolute Gasteiger partial charge is 0.382 e. The van der Waals surface area contributed by atoms with Crippen molar-refractivity contribution in [1.82, 2.24) is 34.8 Å². The lowest BCUT2D eigenvalue weighted by Crippen LogP contribution is -2.46. The molecule has 0 bridgehead atoms. The number of aldehydes is 1. The molecule has 2 atom stereocenters. The average Bonchev–Trinajstić information content (AvgIpc) is 3.97. The van der Waals surface area contributed by atoms with E-state index in [1.807, 2.05) is 73.4 Å². The number of hydrogen-bond acceptors (Lipinski definition) is 9. The van der Waals surface area contributed by atoms with Gasteiger partial charge in [-0.3, -0.25) is 23.8 Å². The Morgan fingerprint density at radius 3 is 2.63 bits per heavy atom. The Labute approximate surface area is 340 Å². The molecule has 5 aromatic rings. The van der Waals surface area contributed by atoms with E-state index in [1.165, 1.54) is 0 Å². The zero-order valence-corrected chi connectivity index (χ0v) is 34.0. The number of aryl methyl sites for hydroxylation is 1. The Bertz CT molecular complexity index is 2450. The van der Waals surface area contributed by atoms with E-state index < -0.39 is 6.04 Å². The number of nitrogens with one attached hydrogen (secondary N) is 2. The van der Waals surface area contributed by atoms with Gasteiger partial charge in [0.05, 0.1) is 22.3 Å². The van der Waals surface area contributed by atoms with Gasteiger partial charge in [0.1, 0.15) is 29.2 Å². The quantitative estimate of drug-likeness (QED) is 0.117. The van der Waals surface area contributed by atoms with Crippen molar-refractivity contribution in [3.63, 3.8) is 0 Å². The number of fused-ring (bicyclic) bond motifs is 4. The van der Waals surface area contributed by atoms with Crippen LogP contribution >= 0.6 is 22.9 Å². The molecule has 3 aromatic heterocycles. The zero-order chi connectivity index (χ0) is 39.8. The van der Waals surface area contributed by atoms with Crippen molar-refractivity contribution >= 4 is 52.4 Å². The molecule has 2 aliphatic heterocycles. The number of aromatic nitrogens is 5. The summed E-state index contributed by atoms with van der Waals surface area (Å²) in [5.41, 5.74) is 7.30. The summed E-state index contributed by atoms with van der Waals surface area (Å²) in [5, 5.41) is 21.6. The lowest BCUT2D eigenvalue weighted by atomic mass is 9.85. The molecular formula is C43H44ClN9O3S. The summed E-state index contributed by atoms with van der Waals surface area (Å²) in [6, 6.07) is 12.9. The number of likely N-dealkylation sites (N-methyl/N-ethyl adjacent to an activating group) is 1. The number of aliphatic imine (C=N–C) groups is 1. The van der Waals surface area contributed by atoms with E-state index in [4.69, 9.17) is 16.6 Å². The first-order valence-corrected chi connectivity index (χ1v) is 20.6. The molecule has 292 valence electrons. The van der Waals surface area contributed by atoms with E-state index in [9.17, 15) is 14.4 Å². The highest BCUT2D eigenvalue weighted by atomic mass is 35.5. The van der Waals surface area contributed by atoms with Gasteiger partial charge in [-0.05, 0) is 88.6 Å². The molecule has 0 radical (unpaired) electrons. The van der Waals surface area contributed by atoms with E-state index >= 15 is 0 Å². The van der Waals surface area contributed by atoms with Gasteiger partial charge in [0.2, 0.25) is 5.91 Å². The molecule has 2 aromatic carbocycles. The number of halogens is 1. The first-order valence-electron chi connectivity index (χ1n) is 19.4. The van der Waals surface area contributed by atoms with E-state index in [0.29, 0.717) is 29.5 Å². The number of nitrogens with zero attached hydrogens (tertiary/aromatic N) is 7. The van der Waals surface area contributed by atoms with Crippen molar-refractivity contribution in [2.45, 2.75) is 90.5 Å². The van der Waals surface area contributed by atoms with Crippen LogP contribution in [-0.4, -0.2) is 72.4 Å². The minimum Gasteiger partial charge on any atom is -0.382 e. The van der Waals surface area contributed by atoms with Crippen molar-refractivity contribution in [2.75, 3.05) is 12.4 Å².